The standard InChI is InChI=1S/C13H24N2OS/c16-17-9-5-11(6-10-17)14-12-4-8-15-7-2-1-3-13(12)15/h11-14H,1-10H2. The van der Waals surface area contributed by atoms with Crippen LogP contribution in [0.15, 0.2) is 0 Å². The van der Waals surface area contributed by atoms with Crippen molar-refractivity contribution < 1.29 is 4.21 Å². The van der Waals surface area contributed by atoms with Crippen LogP contribution in [0.2, 0.25) is 0 Å². The van der Waals surface area contributed by atoms with Gasteiger partial charge in [0.2, 0.25) is 0 Å². The molecule has 0 aliphatic carbocycles. The summed E-state index contributed by atoms with van der Waals surface area (Å²) in [6.07, 6.45) is 7.76. The third kappa shape index (κ3) is 2.74. The zero-order valence-corrected chi connectivity index (χ0v) is 11.4. The first-order valence-corrected chi connectivity index (χ1v) is 8.67. The van der Waals surface area contributed by atoms with Gasteiger partial charge < -0.3 is 5.32 Å². The molecular weight excluding hydrogens is 232 g/mol. The lowest BCUT2D eigenvalue weighted by molar-refractivity contribution is 0.175. The monoisotopic (exact) mass is 256 g/mol. The topological polar surface area (TPSA) is 32.3 Å². The highest BCUT2D eigenvalue weighted by Crippen LogP contribution is 2.28. The summed E-state index contributed by atoms with van der Waals surface area (Å²) in [6, 6.07) is 2.16. The van der Waals surface area contributed by atoms with Gasteiger partial charge in [0.1, 0.15) is 0 Å². The van der Waals surface area contributed by atoms with Crippen molar-refractivity contribution in [2.45, 2.75) is 56.7 Å². The Morgan fingerprint density at radius 3 is 2.65 bits per heavy atom. The molecule has 4 heteroatoms. The minimum absolute atomic E-state index is 0.522. The molecule has 3 fully saturated rings. The van der Waals surface area contributed by atoms with Crippen LogP contribution in [0.3, 0.4) is 0 Å². The lowest BCUT2D eigenvalue weighted by Gasteiger charge is -2.35. The van der Waals surface area contributed by atoms with Crippen LogP contribution in [0, 0.1) is 0 Å². The third-order valence-corrected chi connectivity index (χ3v) is 6.08. The number of nitrogens with one attached hydrogen (secondary N) is 1. The highest BCUT2D eigenvalue weighted by Gasteiger charge is 2.36. The minimum Gasteiger partial charge on any atom is -0.310 e. The number of nitrogens with zero attached hydrogens (tertiary/aromatic N) is 1. The molecule has 3 aliphatic heterocycles. The molecule has 3 rings (SSSR count). The van der Waals surface area contributed by atoms with Crippen LogP contribution in [0.5, 0.6) is 0 Å². The van der Waals surface area contributed by atoms with Crippen molar-refractivity contribution in [3.8, 4) is 0 Å². The Morgan fingerprint density at radius 1 is 1.00 bits per heavy atom. The van der Waals surface area contributed by atoms with Gasteiger partial charge in [-0.05, 0) is 38.6 Å². The molecule has 98 valence electrons. The van der Waals surface area contributed by atoms with Gasteiger partial charge in [0.05, 0.1) is 0 Å². The Morgan fingerprint density at radius 2 is 1.82 bits per heavy atom. The molecule has 3 aliphatic rings. The van der Waals surface area contributed by atoms with Gasteiger partial charge in [-0.1, -0.05) is 6.42 Å². The summed E-state index contributed by atoms with van der Waals surface area (Å²) in [5.41, 5.74) is 0. The summed E-state index contributed by atoms with van der Waals surface area (Å²) in [6.45, 7) is 2.61. The molecule has 0 aromatic heterocycles. The summed E-state index contributed by atoms with van der Waals surface area (Å²) in [7, 11) is -0.522. The van der Waals surface area contributed by atoms with E-state index in [4.69, 9.17) is 0 Å². The average Bonchev–Trinajstić information content (AvgIpc) is 2.76. The fourth-order valence-corrected chi connectivity index (χ4v) is 5.00. The second-order valence-corrected chi connectivity index (χ2v) is 7.48. The molecule has 17 heavy (non-hydrogen) atoms. The average molecular weight is 256 g/mol. The van der Waals surface area contributed by atoms with Crippen LogP contribution in [0.4, 0.5) is 0 Å². The van der Waals surface area contributed by atoms with Gasteiger partial charge in [-0.15, -0.1) is 0 Å². The van der Waals surface area contributed by atoms with E-state index in [0.717, 1.165) is 30.4 Å². The van der Waals surface area contributed by atoms with E-state index in [9.17, 15) is 4.21 Å². The molecule has 0 aromatic rings. The maximum Gasteiger partial charge on any atom is 0.0249 e. The van der Waals surface area contributed by atoms with Crippen molar-refractivity contribution in [1.29, 1.82) is 0 Å². The van der Waals surface area contributed by atoms with E-state index in [0.29, 0.717) is 12.1 Å². The van der Waals surface area contributed by atoms with Crippen molar-refractivity contribution in [2.75, 3.05) is 24.6 Å². The third-order valence-electron chi connectivity index (χ3n) is 4.69. The summed E-state index contributed by atoms with van der Waals surface area (Å²) in [5, 5.41) is 3.86. The van der Waals surface area contributed by atoms with Gasteiger partial charge in [-0.2, -0.15) is 0 Å². The fraction of sp³-hybridized carbons (Fsp3) is 1.00. The zero-order chi connectivity index (χ0) is 11.7. The van der Waals surface area contributed by atoms with Crippen LogP contribution in [0.1, 0.15) is 38.5 Å². The van der Waals surface area contributed by atoms with E-state index in [1.165, 1.54) is 38.8 Å². The van der Waals surface area contributed by atoms with Crippen molar-refractivity contribution >= 4 is 10.8 Å². The molecule has 3 saturated heterocycles. The molecule has 2 unspecified atom stereocenters. The van der Waals surface area contributed by atoms with Gasteiger partial charge in [0.15, 0.2) is 0 Å². The molecule has 0 saturated carbocycles. The molecule has 0 aromatic carbocycles. The minimum atomic E-state index is -0.522. The number of fused-ring (bicyclic) bond motifs is 1. The first-order chi connectivity index (χ1) is 8.33. The molecule has 0 radical (unpaired) electrons. The number of rotatable bonds is 2. The van der Waals surface area contributed by atoms with Gasteiger partial charge in [0, 0.05) is 47.0 Å². The zero-order valence-electron chi connectivity index (χ0n) is 10.6. The normalized spacial score (nSPS) is 43.5. The van der Waals surface area contributed by atoms with Crippen LogP contribution in [-0.2, 0) is 10.8 Å². The van der Waals surface area contributed by atoms with Gasteiger partial charge >= 0.3 is 0 Å². The predicted octanol–water partition coefficient (Wildman–Crippen LogP) is 1.11. The smallest absolute Gasteiger partial charge is 0.0249 e. The molecule has 3 heterocycles. The van der Waals surface area contributed by atoms with E-state index in [2.05, 4.69) is 10.2 Å². The van der Waals surface area contributed by atoms with E-state index in [-0.39, 0.29) is 0 Å². The number of hydrogen-bond acceptors (Lipinski definition) is 3. The second kappa shape index (κ2) is 5.37. The lowest BCUT2D eigenvalue weighted by Crippen LogP contribution is -2.49. The molecule has 1 N–H and O–H groups in total. The Balaban J connectivity index is 1.53. The summed E-state index contributed by atoms with van der Waals surface area (Å²) >= 11 is 0. The summed E-state index contributed by atoms with van der Waals surface area (Å²) in [4.78, 5) is 2.68. The van der Waals surface area contributed by atoms with Gasteiger partial charge in [0.25, 0.3) is 0 Å². The number of piperidine rings is 1. The maximum absolute atomic E-state index is 11.3. The molecule has 2 atom stereocenters. The molecule has 0 bridgehead atoms. The molecule has 0 amide bonds. The van der Waals surface area contributed by atoms with Crippen LogP contribution >= 0.6 is 0 Å². The quantitative estimate of drug-likeness (QED) is 0.803. The first kappa shape index (κ1) is 12.1. The van der Waals surface area contributed by atoms with Crippen LogP contribution in [-0.4, -0.2) is 51.8 Å². The first-order valence-electron chi connectivity index (χ1n) is 7.18. The maximum atomic E-state index is 11.3. The van der Waals surface area contributed by atoms with Crippen molar-refractivity contribution in [1.82, 2.24) is 10.2 Å². The Labute approximate surface area is 107 Å². The Kier molecular flexibility index (Phi) is 3.83. The second-order valence-electron chi connectivity index (χ2n) is 5.78. The Bertz CT molecular complexity index is 287. The summed E-state index contributed by atoms with van der Waals surface area (Å²) in [5.74, 6) is 1.83. The van der Waals surface area contributed by atoms with Crippen molar-refractivity contribution in [3.63, 3.8) is 0 Å². The molecule has 0 spiro atoms. The van der Waals surface area contributed by atoms with E-state index < -0.39 is 10.8 Å². The highest BCUT2D eigenvalue weighted by molar-refractivity contribution is 7.85. The van der Waals surface area contributed by atoms with Crippen LogP contribution in [0.25, 0.3) is 0 Å². The fourth-order valence-electron chi connectivity index (χ4n) is 3.70. The van der Waals surface area contributed by atoms with E-state index in [1.807, 2.05) is 0 Å². The molecule has 3 nitrogen and oxygen atoms in total. The number of hydrogen-bond donors (Lipinski definition) is 1. The van der Waals surface area contributed by atoms with Crippen LogP contribution < -0.4 is 5.32 Å². The lowest BCUT2D eigenvalue weighted by atomic mass is 9.97. The largest absolute Gasteiger partial charge is 0.310 e. The van der Waals surface area contributed by atoms with Crippen molar-refractivity contribution in [2.24, 2.45) is 0 Å². The SMILES string of the molecule is O=S1CCC(NC2CCN3CCCCC23)CC1. The molecular formula is C13H24N2OS. The van der Waals surface area contributed by atoms with Gasteiger partial charge in [-0.3, -0.25) is 9.11 Å². The van der Waals surface area contributed by atoms with Crippen molar-refractivity contribution in [3.05, 3.63) is 0 Å². The van der Waals surface area contributed by atoms with E-state index >= 15 is 0 Å². The van der Waals surface area contributed by atoms with E-state index in [1.54, 1.807) is 0 Å². The highest BCUT2D eigenvalue weighted by atomic mass is 32.2. The predicted molar refractivity (Wildman–Crippen MR) is 71.7 cm³/mol. The van der Waals surface area contributed by atoms with Gasteiger partial charge in [-0.25, -0.2) is 0 Å². The summed E-state index contributed by atoms with van der Waals surface area (Å²) < 4.78 is 11.3. The Hall–Kier alpha value is 0.0700.